The summed E-state index contributed by atoms with van der Waals surface area (Å²) in [7, 11) is 0. The summed E-state index contributed by atoms with van der Waals surface area (Å²) in [6, 6.07) is 9.79. The fourth-order valence-corrected chi connectivity index (χ4v) is 2.36. The molecule has 2 N–H and O–H groups in total. The number of nitrogens with one attached hydrogen (secondary N) is 1. The quantitative estimate of drug-likeness (QED) is 0.815. The molecule has 4 nitrogen and oxygen atoms in total. The van der Waals surface area contributed by atoms with E-state index in [4.69, 9.17) is 5.26 Å². The van der Waals surface area contributed by atoms with E-state index in [0.29, 0.717) is 11.5 Å². The molecule has 18 heavy (non-hydrogen) atoms. The summed E-state index contributed by atoms with van der Waals surface area (Å²) in [5.41, 5.74) is 1.74. The fraction of sp³-hybridized carbons (Fsp3) is 0.500. The average Bonchev–Trinajstić information content (AvgIpc) is 2.60. The molecule has 1 aromatic carbocycles. The predicted octanol–water partition coefficient (Wildman–Crippen LogP) is 0.965. The monoisotopic (exact) mass is 245 g/mol. The van der Waals surface area contributed by atoms with Crippen LogP contribution in [0.3, 0.4) is 0 Å². The summed E-state index contributed by atoms with van der Waals surface area (Å²) in [5.74, 6) is 0.539. The second-order valence-corrected chi connectivity index (χ2v) is 4.91. The summed E-state index contributed by atoms with van der Waals surface area (Å²) < 4.78 is 0. The maximum absolute atomic E-state index is 9.50. The van der Waals surface area contributed by atoms with Gasteiger partial charge < -0.3 is 15.3 Å². The number of aliphatic hydroxyl groups excluding tert-OH is 1. The number of anilines is 1. The Bertz CT molecular complexity index is 424. The molecule has 0 spiro atoms. The lowest BCUT2D eigenvalue weighted by Gasteiger charge is -2.31. The van der Waals surface area contributed by atoms with E-state index >= 15 is 0 Å². The van der Waals surface area contributed by atoms with Crippen LogP contribution < -0.4 is 10.2 Å². The van der Waals surface area contributed by atoms with Crippen molar-refractivity contribution in [3.05, 3.63) is 29.8 Å². The highest BCUT2D eigenvalue weighted by atomic mass is 16.3. The van der Waals surface area contributed by atoms with Crippen molar-refractivity contribution >= 4 is 5.69 Å². The van der Waals surface area contributed by atoms with E-state index in [1.807, 2.05) is 24.3 Å². The molecule has 0 aromatic heterocycles. The Kier molecular flexibility index (Phi) is 4.19. The largest absolute Gasteiger partial charge is 0.394 e. The lowest BCUT2D eigenvalue weighted by molar-refractivity contribution is 0.259. The van der Waals surface area contributed by atoms with E-state index in [1.54, 1.807) is 0 Å². The molecule has 0 amide bonds. The number of nitrogens with zero attached hydrogens (tertiary/aromatic N) is 2. The van der Waals surface area contributed by atoms with Crippen LogP contribution in [-0.4, -0.2) is 37.4 Å². The average molecular weight is 245 g/mol. The predicted molar refractivity (Wildman–Crippen MR) is 71.4 cm³/mol. The van der Waals surface area contributed by atoms with E-state index in [9.17, 15) is 5.11 Å². The van der Waals surface area contributed by atoms with Crippen LogP contribution in [0.4, 0.5) is 5.69 Å². The Morgan fingerprint density at radius 1 is 1.39 bits per heavy atom. The molecule has 0 radical (unpaired) electrons. The Balaban J connectivity index is 2.23. The maximum atomic E-state index is 9.50. The molecule has 1 aromatic rings. The van der Waals surface area contributed by atoms with Gasteiger partial charge in [0, 0.05) is 18.8 Å². The summed E-state index contributed by atoms with van der Waals surface area (Å²) in [4.78, 5) is 2.23. The van der Waals surface area contributed by atoms with Crippen LogP contribution in [0.2, 0.25) is 0 Å². The number of hydrogen-bond acceptors (Lipinski definition) is 4. The highest BCUT2D eigenvalue weighted by Crippen LogP contribution is 2.20. The number of hydrogen-bond donors (Lipinski definition) is 2. The van der Waals surface area contributed by atoms with Crippen molar-refractivity contribution in [1.29, 1.82) is 5.26 Å². The fourth-order valence-electron chi connectivity index (χ4n) is 2.36. The van der Waals surface area contributed by atoms with Crippen LogP contribution in [0.25, 0.3) is 0 Å². The first kappa shape index (κ1) is 12.9. The second-order valence-electron chi connectivity index (χ2n) is 4.91. The molecular formula is C14H19N3O. The van der Waals surface area contributed by atoms with Gasteiger partial charge in [-0.05, 0) is 36.7 Å². The van der Waals surface area contributed by atoms with E-state index in [2.05, 4.69) is 23.2 Å². The van der Waals surface area contributed by atoms with Crippen molar-refractivity contribution in [2.24, 2.45) is 5.92 Å². The molecule has 96 valence electrons. The maximum Gasteiger partial charge on any atom is 0.0991 e. The normalized spacial score (nSPS) is 24.4. The lowest BCUT2D eigenvalue weighted by Crippen LogP contribution is -2.42. The number of aliphatic hydroxyl groups is 1. The van der Waals surface area contributed by atoms with Crippen molar-refractivity contribution in [2.45, 2.75) is 13.0 Å². The van der Waals surface area contributed by atoms with Crippen LogP contribution in [0.5, 0.6) is 0 Å². The Morgan fingerprint density at radius 2 is 2.11 bits per heavy atom. The van der Waals surface area contributed by atoms with Crippen LogP contribution in [0, 0.1) is 17.2 Å². The molecule has 0 bridgehead atoms. The van der Waals surface area contributed by atoms with Gasteiger partial charge in [0.25, 0.3) is 0 Å². The summed E-state index contributed by atoms with van der Waals surface area (Å²) in [6.45, 7) is 5.03. The number of rotatable bonds is 2. The van der Waals surface area contributed by atoms with Crippen molar-refractivity contribution in [3.8, 4) is 6.07 Å². The van der Waals surface area contributed by atoms with Gasteiger partial charge in [0.1, 0.15) is 0 Å². The lowest BCUT2D eigenvalue weighted by atomic mass is 10.1. The van der Waals surface area contributed by atoms with Gasteiger partial charge >= 0.3 is 0 Å². The smallest absolute Gasteiger partial charge is 0.0991 e. The molecule has 2 unspecified atom stereocenters. The molecule has 1 aliphatic heterocycles. The molecule has 2 atom stereocenters. The molecule has 1 aliphatic rings. The SMILES string of the molecule is CC1CNCC(CO)N(c2ccc(C#N)cc2)C1. The molecule has 1 heterocycles. The first-order valence-electron chi connectivity index (χ1n) is 6.33. The van der Waals surface area contributed by atoms with Crippen molar-refractivity contribution in [1.82, 2.24) is 5.32 Å². The van der Waals surface area contributed by atoms with Gasteiger partial charge in [0.05, 0.1) is 24.3 Å². The summed E-state index contributed by atoms with van der Waals surface area (Å²) in [5, 5.41) is 21.7. The van der Waals surface area contributed by atoms with Crippen molar-refractivity contribution < 1.29 is 5.11 Å². The minimum Gasteiger partial charge on any atom is -0.394 e. The molecule has 1 saturated heterocycles. The summed E-state index contributed by atoms with van der Waals surface area (Å²) >= 11 is 0. The Morgan fingerprint density at radius 3 is 2.72 bits per heavy atom. The van der Waals surface area contributed by atoms with Crippen LogP contribution in [-0.2, 0) is 0 Å². The molecule has 0 saturated carbocycles. The van der Waals surface area contributed by atoms with Gasteiger partial charge in [-0.2, -0.15) is 5.26 Å². The highest BCUT2D eigenvalue weighted by molar-refractivity contribution is 5.51. The zero-order chi connectivity index (χ0) is 13.0. The zero-order valence-electron chi connectivity index (χ0n) is 10.6. The minimum absolute atomic E-state index is 0.0999. The Labute approximate surface area is 108 Å². The molecule has 0 aliphatic carbocycles. The Hall–Kier alpha value is -1.57. The molecule has 1 fully saturated rings. The number of nitriles is 1. The third kappa shape index (κ3) is 2.81. The topological polar surface area (TPSA) is 59.3 Å². The molecule has 2 rings (SSSR count). The minimum atomic E-state index is 0.0999. The van der Waals surface area contributed by atoms with Gasteiger partial charge in [0.15, 0.2) is 0 Å². The van der Waals surface area contributed by atoms with Crippen LogP contribution in [0.1, 0.15) is 12.5 Å². The van der Waals surface area contributed by atoms with Gasteiger partial charge in [-0.3, -0.25) is 0 Å². The summed E-state index contributed by atoms with van der Waals surface area (Å²) in [6.07, 6.45) is 0. The first-order chi connectivity index (χ1) is 8.74. The van der Waals surface area contributed by atoms with Crippen molar-refractivity contribution in [2.75, 3.05) is 31.1 Å². The highest BCUT2D eigenvalue weighted by Gasteiger charge is 2.23. The zero-order valence-corrected chi connectivity index (χ0v) is 10.6. The van der Waals surface area contributed by atoms with Gasteiger partial charge in [-0.1, -0.05) is 6.92 Å². The van der Waals surface area contributed by atoms with E-state index in [0.717, 1.165) is 25.3 Å². The first-order valence-corrected chi connectivity index (χ1v) is 6.33. The molecular weight excluding hydrogens is 226 g/mol. The van der Waals surface area contributed by atoms with E-state index < -0.39 is 0 Å². The van der Waals surface area contributed by atoms with Crippen LogP contribution in [0.15, 0.2) is 24.3 Å². The second kappa shape index (κ2) is 5.85. The van der Waals surface area contributed by atoms with Crippen LogP contribution >= 0.6 is 0 Å². The van der Waals surface area contributed by atoms with Gasteiger partial charge in [-0.15, -0.1) is 0 Å². The van der Waals surface area contributed by atoms with E-state index in [-0.39, 0.29) is 12.6 Å². The number of benzene rings is 1. The van der Waals surface area contributed by atoms with Gasteiger partial charge in [-0.25, -0.2) is 0 Å². The molecule has 4 heteroatoms. The van der Waals surface area contributed by atoms with E-state index in [1.165, 1.54) is 0 Å². The third-order valence-corrected chi connectivity index (χ3v) is 3.36. The van der Waals surface area contributed by atoms with Crippen molar-refractivity contribution in [3.63, 3.8) is 0 Å². The third-order valence-electron chi connectivity index (χ3n) is 3.36. The van der Waals surface area contributed by atoms with Gasteiger partial charge in [0.2, 0.25) is 0 Å². The standard InChI is InChI=1S/C14H19N3O/c1-11-7-16-8-14(10-18)17(9-11)13-4-2-12(6-15)3-5-13/h2-5,11,14,16,18H,7-10H2,1H3.